The summed E-state index contributed by atoms with van der Waals surface area (Å²) < 4.78 is 12.3. The molecule has 2 aliphatic heterocycles. The van der Waals surface area contributed by atoms with Crippen molar-refractivity contribution in [3.05, 3.63) is 95.4 Å². The van der Waals surface area contributed by atoms with Crippen molar-refractivity contribution in [1.29, 1.82) is 0 Å². The van der Waals surface area contributed by atoms with E-state index >= 15 is 0 Å². The van der Waals surface area contributed by atoms with Gasteiger partial charge in [0, 0.05) is 13.1 Å². The van der Waals surface area contributed by atoms with Gasteiger partial charge in [0.2, 0.25) is 5.91 Å². The molecule has 1 saturated heterocycles. The molecule has 11 heteroatoms. The van der Waals surface area contributed by atoms with Crippen molar-refractivity contribution < 1.29 is 23.9 Å². The SMILES string of the molecule is COc1cc(/C=C2\SC(=O)N(CC(=O)N3CCc4ccccc4C3)C2=O)cc(I)c1OCc1ccc(Cl)c(Cl)c1. The van der Waals surface area contributed by atoms with Crippen molar-refractivity contribution in [2.45, 2.75) is 19.6 Å². The lowest BCUT2D eigenvalue weighted by atomic mass is 10.00. The maximum Gasteiger partial charge on any atom is 0.294 e. The molecule has 0 N–H and O–H groups in total. The van der Waals surface area contributed by atoms with Gasteiger partial charge < -0.3 is 14.4 Å². The number of halogens is 3. The zero-order chi connectivity index (χ0) is 28.4. The van der Waals surface area contributed by atoms with Crippen molar-refractivity contribution in [3.8, 4) is 11.5 Å². The van der Waals surface area contributed by atoms with Gasteiger partial charge in [-0.25, -0.2) is 0 Å². The standard InChI is InChI=1S/C29H23Cl2IN2O5S/c1-38-24-12-18(11-23(32)27(24)39-16-17-6-7-21(30)22(31)10-17)13-25-28(36)34(29(37)40-25)15-26(35)33-9-8-19-4-2-3-5-20(19)14-33/h2-7,10-13H,8-9,14-16H2,1H3/b25-13-. The molecule has 0 spiro atoms. The second-order valence-corrected chi connectivity index (χ2v) is 12.1. The number of fused-ring (bicyclic) bond motifs is 1. The summed E-state index contributed by atoms with van der Waals surface area (Å²) in [6.45, 7) is 0.989. The summed E-state index contributed by atoms with van der Waals surface area (Å²) in [5.41, 5.74) is 3.81. The van der Waals surface area contributed by atoms with Crippen molar-refractivity contribution in [1.82, 2.24) is 9.80 Å². The van der Waals surface area contributed by atoms with E-state index in [2.05, 4.69) is 28.7 Å². The van der Waals surface area contributed by atoms with Crippen LogP contribution in [0.4, 0.5) is 4.79 Å². The Morgan fingerprint density at radius 1 is 1.07 bits per heavy atom. The van der Waals surface area contributed by atoms with E-state index in [4.69, 9.17) is 32.7 Å². The van der Waals surface area contributed by atoms with Crippen LogP contribution in [0.2, 0.25) is 10.0 Å². The molecular weight excluding hydrogens is 686 g/mol. The van der Waals surface area contributed by atoms with Crippen LogP contribution in [0, 0.1) is 3.57 Å². The summed E-state index contributed by atoms with van der Waals surface area (Å²) in [5, 5.41) is 0.440. The fourth-order valence-electron chi connectivity index (χ4n) is 4.48. The molecule has 0 bridgehead atoms. The second kappa shape index (κ2) is 12.4. The third-order valence-electron chi connectivity index (χ3n) is 6.57. The molecular formula is C29H23Cl2IN2O5S. The Bertz CT molecular complexity index is 1550. The largest absolute Gasteiger partial charge is 0.493 e. The quantitative estimate of drug-likeness (QED) is 0.199. The summed E-state index contributed by atoms with van der Waals surface area (Å²) in [5.74, 6) is 0.263. The first-order valence-electron chi connectivity index (χ1n) is 12.3. The molecule has 5 rings (SSSR count). The summed E-state index contributed by atoms with van der Waals surface area (Å²) in [6.07, 6.45) is 2.37. The van der Waals surface area contributed by atoms with E-state index in [0.29, 0.717) is 40.2 Å². The number of thioether (sulfide) groups is 1. The highest BCUT2D eigenvalue weighted by molar-refractivity contribution is 14.1. The van der Waals surface area contributed by atoms with Gasteiger partial charge in [0.25, 0.3) is 11.1 Å². The maximum absolute atomic E-state index is 13.1. The first-order valence-corrected chi connectivity index (χ1v) is 14.9. The van der Waals surface area contributed by atoms with E-state index in [9.17, 15) is 14.4 Å². The first kappa shape index (κ1) is 28.8. The van der Waals surface area contributed by atoms with Gasteiger partial charge in [-0.2, -0.15) is 0 Å². The average Bonchev–Trinajstić information content (AvgIpc) is 3.20. The number of rotatable bonds is 7. The molecule has 2 heterocycles. The monoisotopic (exact) mass is 708 g/mol. The number of nitrogens with zero attached hydrogens (tertiary/aromatic N) is 2. The fraction of sp³-hybridized carbons (Fsp3) is 0.207. The van der Waals surface area contributed by atoms with Crippen molar-refractivity contribution in [2.75, 3.05) is 20.2 Å². The molecule has 7 nitrogen and oxygen atoms in total. The molecule has 0 saturated carbocycles. The summed E-state index contributed by atoms with van der Waals surface area (Å²) >= 11 is 15.0. The van der Waals surface area contributed by atoms with Crippen LogP contribution in [0.15, 0.2) is 59.5 Å². The number of hydrogen-bond acceptors (Lipinski definition) is 6. The molecule has 2 aliphatic rings. The maximum atomic E-state index is 13.1. The average molecular weight is 709 g/mol. The minimum atomic E-state index is -0.491. The van der Waals surface area contributed by atoms with Crippen molar-refractivity contribution >= 4 is 80.7 Å². The molecule has 0 aliphatic carbocycles. The number of methoxy groups -OCH3 is 1. The number of ether oxygens (including phenoxy) is 2. The smallest absolute Gasteiger partial charge is 0.294 e. The van der Waals surface area contributed by atoms with Crippen molar-refractivity contribution in [2.24, 2.45) is 0 Å². The molecule has 3 amide bonds. The van der Waals surface area contributed by atoms with Gasteiger partial charge in [0.1, 0.15) is 13.2 Å². The van der Waals surface area contributed by atoms with E-state index in [0.717, 1.165) is 37.8 Å². The van der Waals surface area contributed by atoms with E-state index in [1.807, 2.05) is 30.3 Å². The Balaban J connectivity index is 1.28. The molecule has 0 aromatic heterocycles. The Hall–Kier alpha value is -2.73. The van der Waals surface area contributed by atoms with Gasteiger partial charge in [-0.15, -0.1) is 0 Å². The fourth-order valence-corrected chi connectivity index (χ4v) is 6.42. The van der Waals surface area contributed by atoms with Crippen LogP contribution >= 0.6 is 57.6 Å². The van der Waals surface area contributed by atoms with Crippen LogP contribution in [0.1, 0.15) is 22.3 Å². The number of amides is 3. The topological polar surface area (TPSA) is 76.2 Å². The molecule has 206 valence electrons. The molecule has 40 heavy (non-hydrogen) atoms. The number of hydrogen-bond donors (Lipinski definition) is 0. The van der Waals surface area contributed by atoms with Crippen molar-refractivity contribution in [3.63, 3.8) is 0 Å². The van der Waals surface area contributed by atoms with Gasteiger partial charge in [-0.3, -0.25) is 19.3 Å². The summed E-state index contributed by atoms with van der Waals surface area (Å²) in [4.78, 5) is 41.8. The lowest BCUT2D eigenvalue weighted by Gasteiger charge is -2.29. The highest BCUT2D eigenvalue weighted by Crippen LogP contribution is 2.38. The van der Waals surface area contributed by atoms with Gasteiger partial charge in [0.15, 0.2) is 11.5 Å². The van der Waals surface area contributed by atoms with Crippen LogP contribution in [0.25, 0.3) is 6.08 Å². The van der Waals surface area contributed by atoms with Crippen LogP contribution in [0.5, 0.6) is 11.5 Å². The van der Waals surface area contributed by atoms with Gasteiger partial charge in [0.05, 0.1) is 25.6 Å². The van der Waals surface area contributed by atoms with Gasteiger partial charge in [-0.1, -0.05) is 53.5 Å². The molecule has 0 atom stereocenters. The number of carbonyl (C=O) groups is 3. The Kier molecular flexibility index (Phi) is 8.94. The lowest BCUT2D eigenvalue weighted by Crippen LogP contribution is -2.44. The van der Waals surface area contributed by atoms with E-state index in [1.165, 1.54) is 12.7 Å². The first-order chi connectivity index (χ1) is 19.2. The summed E-state index contributed by atoms with van der Waals surface area (Å²) in [7, 11) is 1.53. The highest BCUT2D eigenvalue weighted by Gasteiger charge is 2.37. The van der Waals surface area contributed by atoms with E-state index < -0.39 is 11.1 Å². The molecule has 3 aromatic carbocycles. The van der Waals surface area contributed by atoms with Gasteiger partial charge >= 0.3 is 0 Å². The van der Waals surface area contributed by atoms with Crippen LogP contribution in [-0.2, 0) is 29.2 Å². The lowest BCUT2D eigenvalue weighted by molar-refractivity contribution is -0.136. The normalized spacial score (nSPS) is 15.9. The molecule has 1 fully saturated rings. The Labute approximate surface area is 259 Å². The second-order valence-electron chi connectivity index (χ2n) is 9.17. The van der Waals surface area contributed by atoms with E-state index in [-0.39, 0.29) is 24.0 Å². The third-order valence-corrected chi connectivity index (χ3v) is 9.01. The van der Waals surface area contributed by atoms with Crippen LogP contribution < -0.4 is 9.47 Å². The zero-order valence-electron chi connectivity index (χ0n) is 21.3. The summed E-state index contributed by atoms with van der Waals surface area (Å²) in [6, 6.07) is 16.8. The van der Waals surface area contributed by atoms with Gasteiger partial charge in [-0.05, 0) is 93.4 Å². The predicted octanol–water partition coefficient (Wildman–Crippen LogP) is 6.81. The molecule has 3 aromatic rings. The Morgan fingerprint density at radius 3 is 2.60 bits per heavy atom. The Morgan fingerprint density at radius 2 is 1.85 bits per heavy atom. The van der Waals surface area contributed by atoms with Crippen LogP contribution in [0.3, 0.4) is 0 Å². The number of benzene rings is 3. The minimum Gasteiger partial charge on any atom is -0.493 e. The third kappa shape index (κ3) is 6.27. The molecule has 0 unspecified atom stereocenters. The number of imide groups is 1. The zero-order valence-corrected chi connectivity index (χ0v) is 25.8. The highest BCUT2D eigenvalue weighted by atomic mass is 127. The minimum absolute atomic E-state index is 0.240. The van der Waals surface area contributed by atoms with Crippen LogP contribution in [-0.4, -0.2) is 47.1 Å². The number of carbonyl (C=O) groups excluding carboxylic acids is 3. The van der Waals surface area contributed by atoms with E-state index in [1.54, 1.807) is 29.2 Å². The predicted molar refractivity (Wildman–Crippen MR) is 165 cm³/mol. The molecule has 0 radical (unpaired) electrons.